The van der Waals surface area contributed by atoms with Crippen LogP contribution < -0.4 is 0 Å². The van der Waals surface area contributed by atoms with Gasteiger partial charge < -0.3 is 0 Å². The van der Waals surface area contributed by atoms with E-state index >= 15 is 0 Å². The third-order valence-corrected chi connectivity index (χ3v) is 2.05. The van der Waals surface area contributed by atoms with Gasteiger partial charge in [-0.1, -0.05) is 30.7 Å². The lowest BCUT2D eigenvalue weighted by molar-refractivity contribution is 0.818. The fourth-order valence-electron chi connectivity index (χ4n) is 1.12. The molecule has 0 N–H and O–H groups in total. The van der Waals surface area contributed by atoms with Crippen molar-refractivity contribution in [3.63, 3.8) is 0 Å². The molecule has 0 heterocycles. The summed E-state index contributed by atoms with van der Waals surface area (Å²) in [6.45, 7) is 1.99. The average molecular weight is 180 g/mol. The summed E-state index contributed by atoms with van der Waals surface area (Å²) in [6, 6.07) is 9.70. The van der Waals surface area contributed by atoms with Crippen LogP contribution in [0.2, 0.25) is 5.02 Å². The molecule has 0 unspecified atom stereocenters. The Morgan fingerprint density at radius 2 is 2.33 bits per heavy atom. The molecule has 0 aromatic heterocycles. The lowest BCUT2D eigenvalue weighted by atomic mass is 9.98. The molecule has 1 rings (SSSR count). The zero-order valence-electron chi connectivity index (χ0n) is 6.92. The maximum Gasteiger partial charge on any atom is 0.0710 e. The van der Waals surface area contributed by atoms with Crippen LogP contribution in [0, 0.1) is 11.3 Å². The fraction of sp³-hybridized carbons (Fsp3) is 0.300. The number of nitrogens with zero attached hydrogens (tertiary/aromatic N) is 1. The second-order valence-electron chi connectivity index (χ2n) is 2.64. The van der Waals surface area contributed by atoms with Gasteiger partial charge in [-0.2, -0.15) is 5.26 Å². The Balaban J connectivity index is 2.95. The normalized spacial score (nSPS) is 12.1. The van der Waals surface area contributed by atoms with Gasteiger partial charge in [0.1, 0.15) is 0 Å². The van der Waals surface area contributed by atoms with Gasteiger partial charge in [-0.05, 0) is 24.1 Å². The molecule has 0 aliphatic rings. The second-order valence-corrected chi connectivity index (χ2v) is 3.08. The number of nitriles is 1. The van der Waals surface area contributed by atoms with Crippen LogP contribution >= 0.6 is 11.6 Å². The SMILES string of the molecule is CC[C@H](C#N)c1cccc(Cl)c1. The highest BCUT2D eigenvalue weighted by Crippen LogP contribution is 2.21. The van der Waals surface area contributed by atoms with Gasteiger partial charge in [0.2, 0.25) is 0 Å². The summed E-state index contributed by atoms with van der Waals surface area (Å²) in [4.78, 5) is 0. The zero-order chi connectivity index (χ0) is 8.97. The van der Waals surface area contributed by atoms with Crippen molar-refractivity contribution in [3.8, 4) is 6.07 Å². The highest BCUT2D eigenvalue weighted by molar-refractivity contribution is 6.30. The first-order valence-corrected chi connectivity index (χ1v) is 4.30. The molecule has 0 bridgehead atoms. The molecule has 0 aliphatic carbocycles. The van der Waals surface area contributed by atoms with Crippen LogP contribution in [0.3, 0.4) is 0 Å². The average Bonchev–Trinajstić information content (AvgIpc) is 2.07. The Labute approximate surface area is 77.6 Å². The number of benzene rings is 1. The molecule has 1 aromatic carbocycles. The summed E-state index contributed by atoms with van der Waals surface area (Å²) in [5, 5.41) is 9.47. The number of hydrogen-bond donors (Lipinski definition) is 0. The van der Waals surface area contributed by atoms with Gasteiger partial charge >= 0.3 is 0 Å². The molecular weight excluding hydrogens is 170 g/mol. The van der Waals surface area contributed by atoms with Crippen molar-refractivity contribution >= 4 is 11.6 Å². The zero-order valence-corrected chi connectivity index (χ0v) is 7.67. The molecule has 0 radical (unpaired) electrons. The third kappa shape index (κ3) is 1.99. The van der Waals surface area contributed by atoms with E-state index in [-0.39, 0.29) is 5.92 Å². The van der Waals surface area contributed by atoms with E-state index in [1.165, 1.54) is 0 Å². The monoisotopic (exact) mass is 179 g/mol. The summed E-state index contributed by atoms with van der Waals surface area (Å²) in [6.07, 6.45) is 0.830. The summed E-state index contributed by atoms with van der Waals surface area (Å²) in [5.74, 6) is -0.0244. The highest BCUT2D eigenvalue weighted by atomic mass is 35.5. The first kappa shape index (κ1) is 9.09. The van der Waals surface area contributed by atoms with Gasteiger partial charge in [0.25, 0.3) is 0 Å². The van der Waals surface area contributed by atoms with Gasteiger partial charge in [-0.25, -0.2) is 0 Å². The standard InChI is InChI=1S/C10H10ClN/c1-2-8(7-12)9-4-3-5-10(11)6-9/h3-6,8H,2H2,1H3/t8-/m1/s1. The van der Waals surface area contributed by atoms with Crippen molar-refractivity contribution in [2.75, 3.05) is 0 Å². The Morgan fingerprint density at radius 3 is 2.83 bits per heavy atom. The van der Waals surface area contributed by atoms with Crippen molar-refractivity contribution < 1.29 is 0 Å². The summed E-state index contributed by atoms with van der Waals surface area (Å²) in [5.41, 5.74) is 1.01. The molecule has 62 valence electrons. The van der Waals surface area contributed by atoms with Gasteiger partial charge in [-0.3, -0.25) is 0 Å². The number of rotatable bonds is 2. The minimum atomic E-state index is -0.0244. The fourth-order valence-corrected chi connectivity index (χ4v) is 1.32. The smallest absolute Gasteiger partial charge is 0.0710 e. The Hall–Kier alpha value is -1.00. The molecular formula is C10H10ClN. The molecule has 0 saturated heterocycles. The van der Waals surface area contributed by atoms with Crippen molar-refractivity contribution in [1.82, 2.24) is 0 Å². The van der Waals surface area contributed by atoms with Crippen molar-refractivity contribution in [1.29, 1.82) is 5.26 Å². The Kier molecular flexibility index (Phi) is 3.13. The quantitative estimate of drug-likeness (QED) is 0.683. The lowest BCUT2D eigenvalue weighted by Crippen LogP contribution is -1.92. The molecule has 2 heteroatoms. The topological polar surface area (TPSA) is 23.8 Å². The van der Waals surface area contributed by atoms with E-state index < -0.39 is 0 Å². The predicted molar refractivity (Wildman–Crippen MR) is 50.1 cm³/mol. The van der Waals surface area contributed by atoms with Crippen LogP contribution in [0.25, 0.3) is 0 Å². The molecule has 0 amide bonds. The van der Waals surface area contributed by atoms with E-state index in [0.29, 0.717) is 5.02 Å². The maximum atomic E-state index is 8.78. The molecule has 0 spiro atoms. The van der Waals surface area contributed by atoms with E-state index in [4.69, 9.17) is 16.9 Å². The molecule has 1 nitrogen and oxygen atoms in total. The van der Waals surface area contributed by atoms with Crippen LogP contribution in [0.4, 0.5) is 0 Å². The van der Waals surface area contributed by atoms with E-state index in [1.807, 2.05) is 31.2 Å². The van der Waals surface area contributed by atoms with Crippen molar-refractivity contribution in [2.24, 2.45) is 0 Å². The van der Waals surface area contributed by atoms with Gasteiger partial charge in [0.05, 0.1) is 12.0 Å². The van der Waals surface area contributed by atoms with E-state index in [2.05, 4.69) is 6.07 Å². The third-order valence-electron chi connectivity index (χ3n) is 1.82. The largest absolute Gasteiger partial charge is 0.198 e. The Morgan fingerprint density at radius 1 is 1.58 bits per heavy atom. The maximum absolute atomic E-state index is 8.78. The van der Waals surface area contributed by atoms with E-state index in [0.717, 1.165) is 12.0 Å². The molecule has 0 saturated carbocycles. The minimum Gasteiger partial charge on any atom is -0.198 e. The second kappa shape index (κ2) is 4.13. The summed E-state index contributed by atoms with van der Waals surface area (Å²) >= 11 is 5.79. The van der Waals surface area contributed by atoms with E-state index in [1.54, 1.807) is 0 Å². The molecule has 0 fully saturated rings. The highest BCUT2D eigenvalue weighted by Gasteiger charge is 2.06. The van der Waals surface area contributed by atoms with Gasteiger partial charge in [0, 0.05) is 5.02 Å². The first-order valence-electron chi connectivity index (χ1n) is 3.93. The van der Waals surface area contributed by atoms with E-state index in [9.17, 15) is 0 Å². The van der Waals surface area contributed by atoms with Gasteiger partial charge in [0.15, 0.2) is 0 Å². The van der Waals surface area contributed by atoms with Crippen LogP contribution in [0.1, 0.15) is 24.8 Å². The molecule has 12 heavy (non-hydrogen) atoms. The van der Waals surface area contributed by atoms with Crippen molar-refractivity contribution in [3.05, 3.63) is 34.9 Å². The van der Waals surface area contributed by atoms with Crippen LogP contribution in [-0.2, 0) is 0 Å². The predicted octanol–water partition coefficient (Wildman–Crippen LogP) is 3.36. The first-order chi connectivity index (χ1) is 5.77. The molecule has 0 aliphatic heterocycles. The van der Waals surface area contributed by atoms with Crippen LogP contribution in [0.5, 0.6) is 0 Å². The number of halogens is 1. The van der Waals surface area contributed by atoms with Crippen LogP contribution in [-0.4, -0.2) is 0 Å². The lowest BCUT2D eigenvalue weighted by Gasteiger charge is -2.05. The minimum absolute atomic E-state index is 0.0244. The number of hydrogen-bond acceptors (Lipinski definition) is 1. The summed E-state index contributed by atoms with van der Waals surface area (Å²) in [7, 11) is 0. The molecule has 1 atom stereocenters. The van der Waals surface area contributed by atoms with Crippen LogP contribution in [0.15, 0.2) is 24.3 Å². The van der Waals surface area contributed by atoms with Gasteiger partial charge in [-0.15, -0.1) is 0 Å². The Bertz CT molecular complexity index is 301. The van der Waals surface area contributed by atoms with Crippen molar-refractivity contribution in [2.45, 2.75) is 19.3 Å². The summed E-state index contributed by atoms with van der Waals surface area (Å²) < 4.78 is 0. The molecule has 1 aromatic rings.